The van der Waals surface area contributed by atoms with E-state index < -0.39 is 9.84 Å². The van der Waals surface area contributed by atoms with Crippen molar-refractivity contribution in [3.8, 4) is 0 Å². The standard InChI is InChI=1S/C15H14Cl2N2O3S/c16-13-4-3-12(8-14(13)17)23(21,22)7-5-15(20)19-10-11-2-1-6-18-9-11/h1-4,6,8-9H,5,7,10H2,(H,19,20). The Hall–Kier alpha value is -1.63. The summed E-state index contributed by atoms with van der Waals surface area (Å²) in [7, 11) is -3.59. The maximum absolute atomic E-state index is 12.2. The molecule has 1 heterocycles. The molecule has 0 radical (unpaired) electrons. The van der Waals surface area contributed by atoms with E-state index in [-0.39, 0.29) is 33.0 Å². The van der Waals surface area contributed by atoms with Gasteiger partial charge in [0, 0.05) is 25.4 Å². The van der Waals surface area contributed by atoms with Crippen LogP contribution in [-0.4, -0.2) is 25.1 Å². The Morgan fingerprint density at radius 2 is 1.96 bits per heavy atom. The van der Waals surface area contributed by atoms with E-state index in [0.29, 0.717) is 6.54 Å². The number of carbonyl (C=O) groups excluding carboxylic acids is 1. The normalized spacial score (nSPS) is 11.2. The minimum absolute atomic E-state index is 0.0481. The molecule has 122 valence electrons. The molecule has 1 N–H and O–H groups in total. The summed E-state index contributed by atoms with van der Waals surface area (Å²) in [5.74, 6) is -0.651. The summed E-state index contributed by atoms with van der Waals surface area (Å²) in [6.07, 6.45) is 3.13. The van der Waals surface area contributed by atoms with Crippen LogP contribution in [-0.2, 0) is 21.2 Å². The summed E-state index contributed by atoms with van der Waals surface area (Å²) in [4.78, 5) is 15.8. The molecule has 0 bridgehead atoms. The van der Waals surface area contributed by atoms with Gasteiger partial charge in [-0.05, 0) is 29.8 Å². The van der Waals surface area contributed by atoms with Crippen LogP contribution in [0, 0.1) is 0 Å². The number of nitrogens with one attached hydrogen (secondary N) is 1. The van der Waals surface area contributed by atoms with Gasteiger partial charge in [0.15, 0.2) is 9.84 Å². The highest BCUT2D eigenvalue weighted by atomic mass is 35.5. The second-order valence-corrected chi connectivity index (χ2v) is 7.71. The van der Waals surface area contributed by atoms with Crippen LogP contribution < -0.4 is 5.32 Å². The average molecular weight is 373 g/mol. The lowest BCUT2D eigenvalue weighted by Gasteiger charge is -2.07. The number of aromatic nitrogens is 1. The number of rotatable bonds is 6. The van der Waals surface area contributed by atoms with E-state index in [1.165, 1.54) is 18.2 Å². The zero-order valence-electron chi connectivity index (χ0n) is 12.0. The Labute approximate surface area is 144 Å². The van der Waals surface area contributed by atoms with Gasteiger partial charge in [0.2, 0.25) is 5.91 Å². The highest BCUT2D eigenvalue weighted by molar-refractivity contribution is 7.91. The zero-order chi connectivity index (χ0) is 16.9. The summed E-state index contributed by atoms with van der Waals surface area (Å²) in [5, 5.41) is 3.09. The molecule has 1 amide bonds. The third-order valence-electron chi connectivity index (χ3n) is 3.06. The van der Waals surface area contributed by atoms with Crippen LogP contribution in [0.3, 0.4) is 0 Å². The minimum atomic E-state index is -3.59. The topological polar surface area (TPSA) is 76.1 Å². The van der Waals surface area contributed by atoms with E-state index >= 15 is 0 Å². The third kappa shape index (κ3) is 5.20. The highest BCUT2D eigenvalue weighted by Crippen LogP contribution is 2.25. The van der Waals surface area contributed by atoms with Crippen molar-refractivity contribution in [3.05, 3.63) is 58.3 Å². The molecule has 0 aliphatic carbocycles. The molecule has 1 aromatic carbocycles. The summed E-state index contributed by atoms with van der Waals surface area (Å²) in [5.41, 5.74) is 0.841. The van der Waals surface area contributed by atoms with Crippen LogP contribution in [0.4, 0.5) is 0 Å². The lowest BCUT2D eigenvalue weighted by molar-refractivity contribution is -0.120. The fourth-order valence-electron chi connectivity index (χ4n) is 1.81. The SMILES string of the molecule is O=C(CCS(=O)(=O)c1ccc(Cl)c(Cl)c1)NCc1cccnc1. The molecular formula is C15H14Cl2N2O3S. The Morgan fingerprint density at radius 1 is 1.17 bits per heavy atom. The zero-order valence-corrected chi connectivity index (χ0v) is 14.3. The second-order valence-electron chi connectivity index (χ2n) is 4.78. The van der Waals surface area contributed by atoms with E-state index in [9.17, 15) is 13.2 Å². The number of carbonyl (C=O) groups is 1. The van der Waals surface area contributed by atoms with Crippen LogP contribution in [0.5, 0.6) is 0 Å². The number of benzene rings is 1. The van der Waals surface area contributed by atoms with Crippen LogP contribution in [0.2, 0.25) is 10.0 Å². The summed E-state index contributed by atoms with van der Waals surface area (Å²) < 4.78 is 24.4. The van der Waals surface area contributed by atoms with Gasteiger partial charge in [-0.2, -0.15) is 0 Å². The van der Waals surface area contributed by atoms with Crippen molar-refractivity contribution in [1.82, 2.24) is 10.3 Å². The Balaban J connectivity index is 1.91. The first-order valence-corrected chi connectivity index (χ1v) is 9.13. The fourth-order valence-corrected chi connectivity index (χ4v) is 3.43. The quantitative estimate of drug-likeness (QED) is 0.845. The number of hydrogen-bond acceptors (Lipinski definition) is 4. The Kier molecular flexibility index (Phi) is 5.98. The van der Waals surface area contributed by atoms with Crippen molar-refractivity contribution in [2.45, 2.75) is 17.9 Å². The Morgan fingerprint density at radius 3 is 2.61 bits per heavy atom. The summed E-state index contributed by atoms with van der Waals surface area (Å²) in [6.45, 7) is 0.305. The first-order valence-electron chi connectivity index (χ1n) is 6.72. The third-order valence-corrected chi connectivity index (χ3v) is 5.51. The number of hydrogen-bond donors (Lipinski definition) is 1. The van der Waals surface area contributed by atoms with Crippen LogP contribution >= 0.6 is 23.2 Å². The van der Waals surface area contributed by atoms with Gasteiger partial charge in [-0.1, -0.05) is 29.3 Å². The van der Waals surface area contributed by atoms with Gasteiger partial charge in [-0.3, -0.25) is 9.78 Å². The molecule has 0 aliphatic heterocycles. The maximum atomic E-state index is 12.2. The second kappa shape index (κ2) is 7.77. The predicted octanol–water partition coefficient (Wildman–Crippen LogP) is 2.87. The van der Waals surface area contributed by atoms with E-state index in [1.807, 2.05) is 6.07 Å². The Bertz CT molecular complexity index is 796. The molecule has 0 aliphatic rings. The molecule has 0 unspecified atom stereocenters. The predicted molar refractivity (Wildman–Crippen MR) is 89.2 cm³/mol. The molecule has 0 saturated heterocycles. The van der Waals surface area contributed by atoms with Crippen molar-refractivity contribution in [2.75, 3.05) is 5.75 Å². The number of halogens is 2. The van der Waals surface area contributed by atoms with Crippen molar-refractivity contribution in [1.29, 1.82) is 0 Å². The molecule has 23 heavy (non-hydrogen) atoms. The van der Waals surface area contributed by atoms with E-state index in [0.717, 1.165) is 5.56 Å². The number of pyridine rings is 1. The monoisotopic (exact) mass is 372 g/mol. The number of amides is 1. The maximum Gasteiger partial charge on any atom is 0.221 e. The lowest BCUT2D eigenvalue weighted by atomic mass is 10.3. The molecule has 0 saturated carbocycles. The van der Waals surface area contributed by atoms with Gasteiger partial charge < -0.3 is 5.32 Å². The molecule has 2 aromatic rings. The van der Waals surface area contributed by atoms with Gasteiger partial charge >= 0.3 is 0 Å². The van der Waals surface area contributed by atoms with Gasteiger partial charge in [0.25, 0.3) is 0 Å². The molecular weight excluding hydrogens is 359 g/mol. The van der Waals surface area contributed by atoms with Crippen molar-refractivity contribution in [2.24, 2.45) is 0 Å². The molecule has 5 nitrogen and oxygen atoms in total. The summed E-state index contributed by atoms with van der Waals surface area (Å²) >= 11 is 11.6. The first-order chi connectivity index (χ1) is 10.9. The van der Waals surface area contributed by atoms with Gasteiger partial charge in [-0.15, -0.1) is 0 Å². The molecule has 1 aromatic heterocycles. The molecule has 0 fully saturated rings. The van der Waals surface area contributed by atoms with Crippen molar-refractivity contribution in [3.63, 3.8) is 0 Å². The fraction of sp³-hybridized carbons (Fsp3) is 0.200. The van der Waals surface area contributed by atoms with Crippen LogP contribution in [0.1, 0.15) is 12.0 Å². The van der Waals surface area contributed by atoms with E-state index in [1.54, 1.807) is 18.5 Å². The lowest BCUT2D eigenvalue weighted by Crippen LogP contribution is -2.25. The van der Waals surface area contributed by atoms with Gasteiger partial charge in [0.05, 0.1) is 20.7 Å². The highest BCUT2D eigenvalue weighted by Gasteiger charge is 2.17. The van der Waals surface area contributed by atoms with Crippen LogP contribution in [0.25, 0.3) is 0 Å². The summed E-state index contributed by atoms with van der Waals surface area (Å²) in [6, 6.07) is 7.65. The largest absolute Gasteiger partial charge is 0.352 e. The smallest absolute Gasteiger partial charge is 0.221 e. The molecule has 0 spiro atoms. The van der Waals surface area contributed by atoms with Crippen molar-refractivity contribution >= 4 is 38.9 Å². The number of nitrogens with zero attached hydrogens (tertiary/aromatic N) is 1. The molecule has 2 rings (SSSR count). The average Bonchev–Trinajstić information content (AvgIpc) is 2.54. The van der Waals surface area contributed by atoms with Gasteiger partial charge in [-0.25, -0.2) is 8.42 Å². The van der Waals surface area contributed by atoms with E-state index in [2.05, 4.69) is 10.3 Å². The number of sulfone groups is 1. The first kappa shape index (κ1) is 17.7. The molecule has 8 heteroatoms. The molecule has 0 atom stereocenters. The minimum Gasteiger partial charge on any atom is -0.352 e. The van der Waals surface area contributed by atoms with Gasteiger partial charge in [0.1, 0.15) is 0 Å². The van der Waals surface area contributed by atoms with E-state index in [4.69, 9.17) is 23.2 Å². The van der Waals surface area contributed by atoms with Crippen molar-refractivity contribution < 1.29 is 13.2 Å². The van der Waals surface area contributed by atoms with Crippen LogP contribution in [0.15, 0.2) is 47.6 Å².